The summed E-state index contributed by atoms with van der Waals surface area (Å²) in [5, 5.41) is 11.7. The highest BCUT2D eigenvalue weighted by molar-refractivity contribution is 4.72. The lowest BCUT2D eigenvalue weighted by molar-refractivity contribution is 0.348. The van der Waals surface area contributed by atoms with Gasteiger partial charge in [0, 0.05) is 6.42 Å². The highest BCUT2D eigenvalue weighted by Crippen LogP contribution is 2.18. The Labute approximate surface area is 68.6 Å². The highest BCUT2D eigenvalue weighted by Gasteiger charge is 2.11. The molecule has 0 aromatic heterocycles. The molecule has 1 aliphatic rings. The molecule has 0 aromatic rings. The van der Waals surface area contributed by atoms with Crippen LogP contribution in [0.15, 0.2) is 0 Å². The summed E-state index contributed by atoms with van der Waals surface area (Å²) < 4.78 is 0. The number of rotatable bonds is 3. The number of nitrogens with zero attached hydrogens (tertiary/aromatic N) is 1. The van der Waals surface area contributed by atoms with Gasteiger partial charge in [-0.3, -0.25) is 0 Å². The molecule has 0 radical (unpaired) electrons. The van der Waals surface area contributed by atoms with Crippen molar-refractivity contribution in [1.82, 2.24) is 5.32 Å². The van der Waals surface area contributed by atoms with Crippen LogP contribution in [0.3, 0.4) is 0 Å². The molecule has 1 saturated heterocycles. The second-order valence-corrected chi connectivity index (χ2v) is 3.24. The Bertz CT molecular complexity index is 131. The van der Waals surface area contributed by atoms with Crippen LogP contribution in [0.5, 0.6) is 0 Å². The van der Waals surface area contributed by atoms with Crippen molar-refractivity contribution >= 4 is 0 Å². The monoisotopic (exact) mass is 152 g/mol. The molecule has 0 aliphatic carbocycles. The first-order valence-electron chi connectivity index (χ1n) is 4.51. The molecule has 0 aromatic carbocycles. The van der Waals surface area contributed by atoms with Gasteiger partial charge in [0.15, 0.2) is 0 Å². The average Bonchev–Trinajstić information content (AvgIpc) is 2.07. The third-order valence-electron chi connectivity index (χ3n) is 2.36. The molecular weight excluding hydrogens is 136 g/mol. The molecule has 2 nitrogen and oxygen atoms in total. The normalized spacial score (nSPS) is 19.5. The summed E-state index contributed by atoms with van der Waals surface area (Å²) in [6.07, 6.45) is 5.72. The van der Waals surface area contributed by atoms with Crippen LogP contribution < -0.4 is 5.32 Å². The molecule has 1 fully saturated rings. The predicted molar refractivity (Wildman–Crippen MR) is 45.1 cm³/mol. The van der Waals surface area contributed by atoms with E-state index in [9.17, 15) is 0 Å². The largest absolute Gasteiger partial charge is 0.317 e. The Hall–Kier alpha value is -0.550. The van der Waals surface area contributed by atoms with Gasteiger partial charge in [-0.2, -0.15) is 5.26 Å². The van der Waals surface area contributed by atoms with Gasteiger partial charge in [-0.05, 0) is 44.7 Å². The van der Waals surface area contributed by atoms with Crippen molar-refractivity contribution in [2.75, 3.05) is 13.1 Å². The quantitative estimate of drug-likeness (QED) is 0.624. The van der Waals surface area contributed by atoms with E-state index in [1.165, 1.54) is 32.4 Å². The Morgan fingerprint density at radius 2 is 2.09 bits per heavy atom. The van der Waals surface area contributed by atoms with Gasteiger partial charge in [0.1, 0.15) is 0 Å². The van der Waals surface area contributed by atoms with Gasteiger partial charge in [-0.25, -0.2) is 0 Å². The Morgan fingerprint density at radius 3 is 2.73 bits per heavy atom. The molecule has 62 valence electrons. The molecule has 1 aliphatic heterocycles. The van der Waals surface area contributed by atoms with E-state index in [2.05, 4.69) is 11.4 Å². The zero-order chi connectivity index (χ0) is 7.94. The van der Waals surface area contributed by atoms with E-state index in [-0.39, 0.29) is 0 Å². The lowest BCUT2D eigenvalue weighted by Gasteiger charge is -2.21. The third-order valence-corrected chi connectivity index (χ3v) is 2.36. The van der Waals surface area contributed by atoms with Crippen molar-refractivity contribution in [3.63, 3.8) is 0 Å². The summed E-state index contributed by atoms with van der Waals surface area (Å²) in [6, 6.07) is 2.19. The van der Waals surface area contributed by atoms with E-state index in [4.69, 9.17) is 5.26 Å². The number of hydrogen-bond donors (Lipinski definition) is 1. The Morgan fingerprint density at radius 1 is 1.36 bits per heavy atom. The van der Waals surface area contributed by atoms with E-state index in [1.807, 2.05) is 0 Å². The first kappa shape index (κ1) is 8.55. The summed E-state index contributed by atoms with van der Waals surface area (Å²) in [7, 11) is 0. The van der Waals surface area contributed by atoms with Crippen LogP contribution in [0.2, 0.25) is 0 Å². The number of unbranched alkanes of at least 4 members (excludes halogenated alkanes) is 1. The molecule has 0 atom stereocenters. The molecule has 0 amide bonds. The first-order chi connectivity index (χ1) is 5.43. The minimum Gasteiger partial charge on any atom is -0.317 e. The topological polar surface area (TPSA) is 35.8 Å². The van der Waals surface area contributed by atoms with Gasteiger partial charge in [0.25, 0.3) is 0 Å². The maximum Gasteiger partial charge on any atom is 0.0621 e. The first-order valence-corrected chi connectivity index (χ1v) is 4.51. The van der Waals surface area contributed by atoms with Gasteiger partial charge in [-0.1, -0.05) is 0 Å². The Balaban J connectivity index is 2.01. The zero-order valence-electron chi connectivity index (χ0n) is 6.97. The fourth-order valence-electron chi connectivity index (χ4n) is 1.64. The van der Waals surface area contributed by atoms with E-state index < -0.39 is 0 Å². The molecule has 2 heteroatoms. The highest BCUT2D eigenvalue weighted by atomic mass is 14.9. The SMILES string of the molecule is N#CCCCC1CCNCC1. The summed E-state index contributed by atoms with van der Waals surface area (Å²) in [5.41, 5.74) is 0. The van der Waals surface area contributed by atoms with E-state index in [0.717, 1.165) is 18.8 Å². The molecule has 1 heterocycles. The van der Waals surface area contributed by atoms with Gasteiger partial charge >= 0.3 is 0 Å². The van der Waals surface area contributed by atoms with Crippen LogP contribution >= 0.6 is 0 Å². The lowest BCUT2D eigenvalue weighted by atomic mass is 9.93. The predicted octanol–water partition coefficient (Wildman–Crippen LogP) is 1.68. The van der Waals surface area contributed by atoms with Crippen molar-refractivity contribution in [2.24, 2.45) is 5.92 Å². The van der Waals surface area contributed by atoms with Crippen LogP contribution in [0.25, 0.3) is 0 Å². The van der Waals surface area contributed by atoms with Crippen LogP contribution in [0, 0.1) is 17.2 Å². The molecular formula is C9H16N2. The van der Waals surface area contributed by atoms with Gasteiger partial charge in [0.05, 0.1) is 6.07 Å². The number of nitrogens with one attached hydrogen (secondary N) is 1. The van der Waals surface area contributed by atoms with Crippen LogP contribution in [-0.2, 0) is 0 Å². The van der Waals surface area contributed by atoms with E-state index in [1.54, 1.807) is 0 Å². The minimum atomic E-state index is 0.740. The fraction of sp³-hybridized carbons (Fsp3) is 0.889. The Kier molecular flexibility index (Phi) is 4.00. The summed E-state index contributed by atoms with van der Waals surface area (Å²) in [4.78, 5) is 0. The van der Waals surface area contributed by atoms with Gasteiger partial charge < -0.3 is 5.32 Å². The average molecular weight is 152 g/mol. The molecule has 11 heavy (non-hydrogen) atoms. The maximum atomic E-state index is 8.33. The van der Waals surface area contributed by atoms with Gasteiger partial charge in [0.2, 0.25) is 0 Å². The van der Waals surface area contributed by atoms with E-state index >= 15 is 0 Å². The number of nitriles is 1. The maximum absolute atomic E-state index is 8.33. The molecule has 1 rings (SSSR count). The number of hydrogen-bond acceptors (Lipinski definition) is 2. The van der Waals surface area contributed by atoms with Crippen molar-refractivity contribution in [3.05, 3.63) is 0 Å². The standard InChI is InChI=1S/C9H16N2/c10-6-2-1-3-9-4-7-11-8-5-9/h9,11H,1-5,7-8H2. The van der Waals surface area contributed by atoms with Gasteiger partial charge in [-0.15, -0.1) is 0 Å². The minimum absolute atomic E-state index is 0.740. The lowest BCUT2D eigenvalue weighted by Crippen LogP contribution is -2.27. The second kappa shape index (κ2) is 5.15. The number of piperidine rings is 1. The van der Waals surface area contributed by atoms with Crippen molar-refractivity contribution in [1.29, 1.82) is 5.26 Å². The smallest absolute Gasteiger partial charge is 0.0621 e. The third kappa shape index (κ3) is 3.38. The van der Waals surface area contributed by atoms with Crippen molar-refractivity contribution in [3.8, 4) is 6.07 Å². The molecule has 0 saturated carbocycles. The molecule has 0 bridgehead atoms. The molecule has 0 unspecified atom stereocenters. The fourth-order valence-corrected chi connectivity index (χ4v) is 1.64. The second-order valence-electron chi connectivity index (χ2n) is 3.24. The van der Waals surface area contributed by atoms with Crippen molar-refractivity contribution in [2.45, 2.75) is 32.1 Å². The summed E-state index contributed by atoms with van der Waals surface area (Å²) in [5.74, 6) is 0.893. The van der Waals surface area contributed by atoms with Crippen molar-refractivity contribution < 1.29 is 0 Å². The van der Waals surface area contributed by atoms with Crippen LogP contribution in [0.4, 0.5) is 0 Å². The summed E-state index contributed by atoms with van der Waals surface area (Å²) >= 11 is 0. The van der Waals surface area contributed by atoms with Crippen LogP contribution in [0.1, 0.15) is 32.1 Å². The van der Waals surface area contributed by atoms with E-state index in [0.29, 0.717) is 0 Å². The molecule has 0 spiro atoms. The summed E-state index contributed by atoms with van der Waals surface area (Å²) in [6.45, 7) is 2.36. The van der Waals surface area contributed by atoms with Crippen LogP contribution in [-0.4, -0.2) is 13.1 Å². The zero-order valence-corrected chi connectivity index (χ0v) is 6.97. The molecule has 1 N–H and O–H groups in total.